The number of benzene rings is 1. The summed E-state index contributed by atoms with van der Waals surface area (Å²) in [7, 11) is 0. The van der Waals surface area contributed by atoms with Crippen molar-refractivity contribution in [2.45, 2.75) is 20.4 Å². The number of likely N-dealkylation sites (N-methyl/N-ethyl adjacent to an activating group) is 1. The van der Waals surface area contributed by atoms with Gasteiger partial charge in [0.05, 0.1) is 0 Å². The molecule has 19 heavy (non-hydrogen) atoms. The van der Waals surface area contributed by atoms with E-state index < -0.39 is 0 Å². The quantitative estimate of drug-likeness (QED) is 0.910. The predicted molar refractivity (Wildman–Crippen MR) is 75.8 cm³/mol. The van der Waals surface area contributed by atoms with Crippen LogP contribution < -0.4 is 10.6 Å². The maximum absolute atomic E-state index is 12.3. The van der Waals surface area contributed by atoms with E-state index in [9.17, 15) is 4.79 Å². The van der Waals surface area contributed by atoms with E-state index in [1.165, 1.54) is 0 Å². The number of aryl methyl sites for hydroxylation is 1. The molecule has 2 N–H and O–H groups in total. The maximum atomic E-state index is 12.3. The Balaban J connectivity index is 2.15. The van der Waals surface area contributed by atoms with Crippen LogP contribution in [0.1, 0.15) is 12.5 Å². The fraction of sp³-hybridized carbons (Fsp3) is 0.286. The number of amides is 1. The molecule has 100 valence electrons. The molecule has 0 fully saturated rings. The van der Waals surface area contributed by atoms with Gasteiger partial charge in [-0.15, -0.1) is 0 Å². The van der Waals surface area contributed by atoms with Crippen LogP contribution in [0.2, 0.25) is 0 Å². The number of nitrogens with two attached hydrogens (primary N) is 1. The zero-order valence-electron chi connectivity index (χ0n) is 11.2. The molecular weight excluding hydrogens is 240 g/mol. The van der Waals surface area contributed by atoms with Gasteiger partial charge in [-0.05, 0) is 37.6 Å². The molecule has 2 rings (SSSR count). The Labute approximate surface area is 112 Å². The topological polar surface area (TPSA) is 64.2 Å². The van der Waals surface area contributed by atoms with Gasteiger partial charge in [-0.2, -0.15) is 5.10 Å². The standard InChI is InChI=1S/C14H18N4O/c1-3-18(12-6-4-5-11(2)9-12)14(19)10-17-8-7-13(15)16-17/h4-9H,3,10H2,1-2H3,(H2,15,16). The molecule has 0 aliphatic carbocycles. The predicted octanol–water partition coefficient (Wildman–Crippen LogP) is 1.83. The fourth-order valence-corrected chi connectivity index (χ4v) is 1.99. The van der Waals surface area contributed by atoms with Crippen molar-refractivity contribution in [2.75, 3.05) is 17.2 Å². The summed E-state index contributed by atoms with van der Waals surface area (Å²) >= 11 is 0. The summed E-state index contributed by atoms with van der Waals surface area (Å²) in [5.41, 5.74) is 7.58. The number of rotatable bonds is 4. The third-order valence-corrected chi connectivity index (χ3v) is 2.89. The van der Waals surface area contributed by atoms with E-state index in [2.05, 4.69) is 5.10 Å². The minimum atomic E-state index is -0.00352. The molecule has 5 nitrogen and oxygen atoms in total. The van der Waals surface area contributed by atoms with Crippen molar-refractivity contribution in [3.63, 3.8) is 0 Å². The zero-order valence-corrected chi connectivity index (χ0v) is 11.2. The van der Waals surface area contributed by atoms with Gasteiger partial charge in [-0.3, -0.25) is 9.48 Å². The van der Waals surface area contributed by atoms with Crippen molar-refractivity contribution < 1.29 is 4.79 Å². The lowest BCUT2D eigenvalue weighted by Crippen LogP contribution is -2.33. The molecule has 0 unspecified atom stereocenters. The highest BCUT2D eigenvalue weighted by Crippen LogP contribution is 2.16. The van der Waals surface area contributed by atoms with Crippen molar-refractivity contribution in [1.82, 2.24) is 9.78 Å². The average molecular weight is 258 g/mol. The minimum absolute atomic E-state index is 0.00352. The maximum Gasteiger partial charge on any atom is 0.248 e. The number of anilines is 2. The summed E-state index contributed by atoms with van der Waals surface area (Å²) in [4.78, 5) is 14.0. The molecule has 1 heterocycles. The van der Waals surface area contributed by atoms with Crippen molar-refractivity contribution >= 4 is 17.4 Å². The van der Waals surface area contributed by atoms with E-state index in [1.807, 2.05) is 38.1 Å². The van der Waals surface area contributed by atoms with Crippen LogP contribution in [0.5, 0.6) is 0 Å². The van der Waals surface area contributed by atoms with Crippen LogP contribution >= 0.6 is 0 Å². The van der Waals surface area contributed by atoms with E-state index in [1.54, 1.807) is 21.8 Å². The number of hydrogen-bond acceptors (Lipinski definition) is 3. The van der Waals surface area contributed by atoms with Crippen LogP contribution in [0.15, 0.2) is 36.5 Å². The molecule has 0 spiro atoms. The molecule has 0 saturated carbocycles. The number of aromatic nitrogens is 2. The van der Waals surface area contributed by atoms with Gasteiger partial charge in [0.15, 0.2) is 0 Å². The SMILES string of the molecule is CCN(C(=O)Cn1ccc(N)n1)c1cccc(C)c1. The first-order chi connectivity index (χ1) is 9.10. The summed E-state index contributed by atoms with van der Waals surface area (Å²) in [5, 5.41) is 4.03. The van der Waals surface area contributed by atoms with Crippen LogP contribution in [0.25, 0.3) is 0 Å². The van der Waals surface area contributed by atoms with E-state index in [0.717, 1.165) is 11.3 Å². The highest BCUT2D eigenvalue weighted by Gasteiger charge is 2.14. The summed E-state index contributed by atoms with van der Waals surface area (Å²) in [6.45, 7) is 4.78. The number of carbonyl (C=O) groups is 1. The Morgan fingerprint density at radius 2 is 2.21 bits per heavy atom. The lowest BCUT2D eigenvalue weighted by atomic mass is 10.2. The normalized spacial score (nSPS) is 10.4. The second kappa shape index (κ2) is 5.56. The van der Waals surface area contributed by atoms with Crippen LogP contribution in [0, 0.1) is 6.92 Å². The Kier molecular flexibility index (Phi) is 3.85. The Morgan fingerprint density at radius 3 is 2.79 bits per heavy atom. The number of hydrogen-bond donors (Lipinski definition) is 1. The van der Waals surface area contributed by atoms with Gasteiger partial charge in [-0.1, -0.05) is 12.1 Å². The summed E-state index contributed by atoms with van der Waals surface area (Å²) < 4.78 is 1.55. The van der Waals surface area contributed by atoms with Gasteiger partial charge in [0, 0.05) is 18.4 Å². The molecule has 1 aromatic heterocycles. The van der Waals surface area contributed by atoms with Gasteiger partial charge in [0.25, 0.3) is 0 Å². The lowest BCUT2D eigenvalue weighted by Gasteiger charge is -2.21. The van der Waals surface area contributed by atoms with Gasteiger partial charge in [0.1, 0.15) is 12.4 Å². The third-order valence-electron chi connectivity index (χ3n) is 2.89. The molecule has 0 saturated heterocycles. The minimum Gasteiger partial charge on any atom is -0.382 e. The first kappa shape index (κ1) is 13.1. The fourth-order valence-electron chi connectivity index (χ4n) is 1.99. The van der Waals surface area contributed by atoms with Gasteiger partial charge in [0.2, 0.25) is 5.91 Å². The highest BCUT2D eigenvalue weighted by atomic mass is 16.2. The van der Waals surface area contributed by atoms with Crippen LogP contribution in [-0.4, -0.2) is 22.2 Å². The number of nitrogen functional groups attached to an aromatic ring is 1. The lowest BCUT2D eigenvalue weighted by molar-refractivity contribution is -0.119. The van der Waals surface area contributed by atoms with Crippen molar-refractivity contribution in [2.24, 2.45) is 0 Å². The Bertz CT molecular complexity index is 576. The van der Waals surface area contributed by atoms with Crippen molar-refractivity contribution in [3.05, 3.63) is 42.1 Å². The number of carbonyl (C=O) groups excluding carboxylic acids is 1. The third kappa shape index (κ3) is 3.13. The molecule has 0 radical (unpaired) electrons. The zero-order chi connectivity index (χ0) is 13.8. The van der Waals surface area contributed by atoms with Gasteiger partial charge < -0.3 is 10.6 Å². The van der Waals surface area contributed by atoms with Gasteiger partial charge >= 0.3 is 0 Å². The van der Waals surface area contributed by atoms with Crippen molar-refractivity contribution in [1.29, 1.82) is 0 Å². The van der Waals surface area contributed by atoms with E-state index >= 15 is 0 Å². The molecule has 0 bridgehead atoms. The Hall–Kier alpha value is -2.30. The van der Waals surface area contributed by atoms with E-state index in [-0.39, 0.29) is 12.5 Å². The van der Waals surface area contributed by atoms with Crippen molar-refractivity contribution in [3.8, 4) is 0 Å². The Morgan fingerprint density at radius 1 is 1.42 bits per heavy atom. The monoisotopic (exact) mass is 258 g/mol. The number of nitrogens with zero attached hydrogens (tertiary/aromatic N) is 3. The molecule has 2 aromatic rings. The molecule has 0 aliphatic heterocycles. The molecule has 1 amide bonds. The largest absolute Gasteiger partial charge is 0.382 e. The van der Waals surface area contributed by atoms with Crippen LogP contribution in [0.3, 0.4) is 0 Å². The average Bonchev–Trinajstić information content (AvgIpc) is 2.75. The van der Waals surface area contributed by atoms with Gasteiger partial charge in [-0.25, -0.2) is 0 Å². The van der Waals surface area contributed by atoms with E-state index in [0.29, 0.717) is 12.4 Å². The smallest absolute Gasteiger partial charge is 0.248 e. The molecule has 5 heteroatoms. The first-order valence-corrected chi connectivity index (χ1v) is 6.26. The second-order valence-corrected chi connectivity index (χ2v) is 4.42. The molecule has 0 aliphatic rings. The molecular formula is C14H18N4O. The van der Waals surface area contributed by atoms with Crippen LogP contribution in [-0.2, 0) is 11.3 Å². The van der Waals surface area contributed by atoms with E-state index in [4.69, 9.17) is 5.73 Å². The molecule has 0 atom stereocenters. The molecule has 1 aromatic carbocycles. The van der Waals surface area contributed by atoms with Crippen LogP contribution in [0.4, 0.5) is 11.5 Å². The first-order valence-electron chi connectivity index (χ1n) is 6.26. The summed E-state index contributed by atoms with van der Waals surface area (Å²) in [6, 6.07) is 9.57. The summed E-state index contributed by atoms with van der Waals surface area (Å²) in [6.07, 6.45) is 1.71. The second-order valence-electron chi connectivity index (χ2n) is 4.42. The highest BCUT2D eigenvalue weighted by molar-refractivity contribution is 5.93. The summed E-state index contributed by atoms with van der Waals surface area (Å²) in [5.74, 6) is 0.419.